The first-order chi connectivity index (χ1) is 13.6. The van der Waals surface area contributed by atoms with Crippen LogP contribution in [0.5, 0.6) is 0 Å². The third kappa shape index (κ3) is 3.53. The Kier molecular flexibility index (Phi) is 5.15. The molecule has 0 bridgehead atoms. The van der Waals surface area contributed by atoms with Gasteiger partial charge < -0.3 is 5.11 Å². The highest BCUT2D eigenvalue weighted by atomic mass is 32.2. The van der Waals surface area contributed by atoms with E-state index in [1.807, 2.05) is 36.4 Å². The molecule has 1 atom stereocenters. The Bertz CT molecular complexity index is 1100. The van der Waals surface area contributed by atoms with Crippen LogP contribution in [0.15, 0.2) is 83.9 Å². The minimum atomic E-state index is -1.71. The molecule has 0 saturated carbocycles. The maximum Gasteiger partial charge on any atom is 0.136 e. The second-order valence-electron chi connectivity index (χ2n) is 6.55. The van der Waals surface area contributed by atoms with Crippen molar-refractivity contribution in [2.24, 2.45) is 0 Å². The van der Waals surface area contributed by atoms with Gasteiger partial charge in [0.1, 0.15) is 18.1 Å². The van der Waals surface area contributed by atoms with Gasteiger partial charge >= 0.3 is 0 Å². The molecule has 3 nitrogen and oxygen atoms in total. The molecule has 0 amide bonds. The molecule has 6 heteroatoms. The number of rotatable bonds is 6. The standard InChI is InChI=1S/C22H18F2N2OS/c23-14-22(27,15-28-21-9-5-4-8-19(21)24)17-10-11-20-16(12-17)13-25-26(20)18-6-2-1-3-7-18/h1-13,27H,14-15H2. The average Bonchev–Trinajstić information content (AvgIpc) is 3.17. The van der Waals surface area contributed by atoms with E-state index < -0.39 is 12.3 Å². The summed E-state index contributed by atoms with van der Waals surface area (Å²) in [6, 6.07) is 21.2. The van der Waals surface area contributed by atoms with E-state index in [4.69, 9.17) is 0 Å². The van der Waals surface area contributed by atoms with E-state index in [9.17, 15) is 13.9 Å². The van der Waals surface area contributed by atoms with Crippen molar-refractivity contribution in [1.82, 2.24) is 9.78 Å². The highest BCUT2D eigenvalue weighted by Crippen LogP contribution is 2.33. The second kappa shape index (κ2) is 7.73. The smallest absolute Gasteiger partial charge is 0.136 e. The Labute approximate surface area is 165 Å². The number of aromatic nitrogens is 2. The number of aliphatic hydroxyl groups is 1. The molecule has 1 unspecified atom stereocenters. The molecule has 0 aliphatic heterocycles. The molecule has 4 rings (SSSR count). The number of halogens is 2. The van der Waals surface area contributed by atoms with Crippen LogP contribution < -0.4 is 0 Å². The molecule has 3 aromatic carbocycles. The third-order valence-corrected chi connectivity index (χ3v) is 5.89. The largest absolute Gasteiger partial charge is 0.382 e. The minimum absolute atomic E-state index is 0.00274. The van der Waals surface area contributed by atoms with Crippen molar-refractivity contribution in [3.63, 3.8) is 0 Å². The number of nitrogens with zero attached hydrogens (tertiary/aromatic N) is 2. The zero-order valence-corrected chi connectivity index (χ0v) is 15.7. The number of alkyl halides is 1. The summed E-state index contributed by atoms with van der Waals surface area (Å²) in [6.45, 7) is -0.965. The van der Waals surface area contributed by atoms with E-state index in [-0.39, 0.29) is 11.6 Å². The van der Waals surface area contributed by atoms with Crippen molar-refractivity contribution in [1.29, 1.82) is 0 Å². The van der Waals surface area contributed by atoms with Crippen molar-refractivity contribution in [2.75, 3.05) is 12.4 Å². The molecule has 1 N–H and O–H groups in total. The van der Waals surface area contributed by atoms with Crippen LogP contribution >= 0.6 is 11.8 Å². The van der Waals surface area contributed by atoms with Gasteiger partial charge in [-0.3, -0.25) is 0 Å². The average molecular weight is 396 g/mol. The van der Waals surface area contributed by atoms with Gasteiger partial charge in [-0.25, -0.2) is 13.5 Å². The lowest BCUT2D eigenvalue weighted by Gasteiger charge is -2.25. The van der Waals surface area contributed by atoms with Crippen LogP contribution in [-0.4, -0.2) is 27.3 Å². The van der Waals surface area contributed by atoms with Gasteiger partial charge in [-0.05, 0) is 42.0 Å². The fourth-order valence-corrected chi connectivity index (χ4v) is 4.07. The van der Waals surface area contributed by atoms with Crippen LogP contribution in [0.2, 0.25) is 0 Å². The zero-order valence-electron chi connectivity index (χ0n) is 14.9. The Morgan fingerprint density at radius 3 is 2.50 bits per heavy atom. The Balaban J connectivity index is 1.64. The molecular formula is C22H18F2N2OS. The molecule has 142 valence electrons. The first-order valence-electron chi connectivity index (χ1n) is 8.80. The number of fused-ring (bicyclic) bond motifs is 1. The van der Waals surface area contributed by atoms with Gasteiger partial charge in [0.2, 0.25) is 0 Å². The van der Waals surface area contributed by atoms with Gasteiger partial charge in [-0.15, -0.1) is 11.8 Å². The van der Waals surface area contributed by atoms with Crippen molar-refractivity contribution in [3.8, 4) is 5.69 Å². The maximum atomic E-state index is 13.8. The molecule has 1 heterocycles. The van der Waals surface area contributed by atoms with E-state index in [1.54, 1.807) is 41.2 Å². The number of hydrogen-bond donors (Lipinski definition) is 1. The third-order valence-electron chi connectivity index (χ3n) is 4.63. The van der Waals surface area contributed by atoms with Crippen molar-refractivity contribution in [3.05, 3.63) is 90.4 Å². The van der Waals surface area contributed by atoms with E-state index in [0.29, 0.717) is 10.5 Å². The summed E-state index contributed by atoms with van der Waals surface area (Å²) in [7, 11) is 0. The molecule has 0 radical (unpaired) electrons. The number of hydrogen-bond acceptors (Lipinski definition) is 3. The maximum absolute atomic E-state index is 13.8. The summed E-state index contributed by atoms with van der Waals surface area (Å²) in [4.78, 5) is 0.382. The van der Waals surface area contributed by atoms with Crippen LogP contribution in [0.3, 0.4) is 0 Å². The van der Waals surface area contributed by atoms with Gasteiger partial charge in [0.05, 0.1) is 17.4 Å². The number of benzene rings is 3. The topological polar surface area (TPSA) is 38.1 Å². The van der Waals surface area contributed by atoms with Gasteiger partial charge in [-0.2, -0.15) is 5.10 Å². The van der Waals surface area contributed by atoms with E-state index in [0.717, 1.165) is 28.4 Å². The van der Waals surface area contributed by atoms with E-state index in [1.165, 1.54) is 6.07 Å². The number of para-hydroxylation sites is 1. The van der Waals surface area contributed by atoms with Crippen molar-refractivity contribution >= 4 is 22.7 Å². The lowest BCUT2D eigenvalue weighted by molar-refractivity contribution is 0.0350. The molecule has 28 heavy (non-hydrogen) atoms. The second-order valence-corrected chi connectivity index (χ2v) is 7.57. The van der Waals surface area contributed by atoms with E-state index >= 15 is 0 Å². The predicted molar refractivity (Wildman–Crippen MR) is 108 cm³/mol. The summed E-state index contributed by atoms with van der Waals surface area (Å²) in [5, 5.41) is 16.1. The lowest BCUT2D eigenvalue weighted by atomic mass is 9.96. The highest BCUT2D eigenvalue weighted by Gasteiger charge is 2.30. The Morgan fingerprint density at radius 1 is 1.00 bits per heavy atom. The van der Waals surface area contributed by atoms with E-state index in [2.05, 4.69) is 5.10 Å². The van der Waals surface area contributed by atoms with Gasteiger partial charge in [0.25, 0.3) is 0 Å². The molecule has 0 fully saturated rings. The molecule has 0 spiro atoms. The molecule has 0 aliphatic carbocycles. The monoisotopic (exact) mass is 396 g/mol. The Hall–Kier alpha value is -2.70. The summed E-state index contributed by atoms with van der Waals surface area (Å²) in [5.74, 6) is -0.378. The first-order valence-corrected chi connectivity index (χ1v) is 9.79. The van der Waals surface area contributed by atoms with Crippen LogP contribution in [0.1, 0.15) is 5.56 Å². The highest BCUT2D eigenvalue weighted by molar-refractivity contribution is 7.99. The lowest BCUT2D eigenvalue weighted by Crippen LogP contribution is -2.31. The normalized spacial score (nSPS) is 13.5. The fourth-order valence-electron chi connectivity index (χ4n) is 3.06. The van der Waals surface area contributed by atoms with Crippen LogP contribution in [-0.2, 0) is 5.60 Å². The summed E-state index contributed by atoms with van der Waals surface area (Å²) in [6.07, 6.45) is 1.69. The van der Waals surface area contributed by atoms with Crippen molar-refractivity contribution in [2.45, 2.75) is 10.5 Å². The molecular weight excluding hydrogens is 378 g/mol. The van der Waals surface area contributed by atoms with Gasteiger partial charge in [0.15, 0.2) is 0 Å². The zero-order chi connectivity index (χ0) is 19.6. The quantitative estimate of drug-likeness (QED) is 0.460. The molecule has 0 aliphatic rings. The molecule has 0 saturated heterocycles. The molecule has 4 aromatic rings. The summed E-state index contributed by atoms with van der Waals surface area (Å²) < 4.78 is 29.5. The first kappa shape index (κ1) is 18.7. The summed E-state index contributed by atoms with van der Waals surface area (Å²) in [5.41, 5.74) is 0.508. The SMILES string of the molecule is OC(CF)(CSc1ccccc1F)c1ccc2c(cnn2-c2ccccc2)c1. The Morgan fingerprint density at radius 2 is 1.75 bits per heavy atom. The van der Waals surface area contributed by atoms with Crippen LogP contribution in [0.4, 0.5) is 8.78 Å². The molecule has 1 aromatic heterocycles. The fraction of sp³-hybridized carbons (Fsp3) is 0.136. The van der Waals surface area contributed by atoms with Gasteiger partial charge in [0, 0.05) is 16.0 Å². The van der Waals surface area contributed by atoms with Crippen LogP contribution in [0.25, 0.3) is 16.6 Å². The number of thioether (sulfide) groups is 1. The van der Waals surface area contributed by atoms with Crippen molar-refractivity contribution < 1.29 is 13.9 Å². The predicted octanol–water partition coefficient (Wildman–Crippen LogP) is 5.11. The van der Waals surface area contributed by atoms with Crippen LogP contribution in [0, 0.1) is 5.82 Å². The van der Waals surface area contributed by atoms with Gasteiger partial charge in [-0.1, -0.05) is 36.4 Å². The summed E-state index contributed by atoms with van der Waals surface area (Å²) >= 11 is 1.10. The minimum Gasteiger partial charge on any atom is -0.382 e.